The van der Waals surface area contributed by atoms with Gasteiger partial charge in [0.15, 0.2) is 0 Å². The highest BCUT2D eigenvalue weighted by Gasteiger charge is 2.33. The summed E-state index contributed by atoms with van der Waals surface area (Å²) in [5, 5.41) is 0. The lowest BCUT2D eigenvalue weighted by Crippen LogP contribution is -2.36. The Hall–Kier alpha value is -0.590. The standard InChI is InChI=1S/C11H19N/c1-5-8(2)7-12-11-9(3)6-10(11)4/h5,7,9-11H,6H2,1-4H3/b8-5-,12-7?. The molecule has 0 N–H and O–H groups in total. The van der Waals surface area contributed by atoms with E-state index in [4.69, 9.17) is 0 Å². The Balaban J connectivity index is 2.45. The molecule has 1 heteroatoms. The Kier molecular flexibility index (Phi) is 3.07. The zero-order valence-electron chi connectivity index (χ0n) is 8.54. The molecule has 1 rings (SSSR count). The van der Waals surface area contributed by atoms with E-state index in [1.54, 1.807) is 0 Å². The molecule has 0 heterocycles. The smallest absolute Gasteiger partial charge is 0.0550 e. The molecule has 1 saturated carbocycles. The van der Waals surface area contributed by atoms with E-state index >= 15 is 0 Å². The van der Waals surface area contributed by atoms with Gasteiger partial charge < -0.3 is 0 Å². The Morgan fingerprint density at radius 2 is 1.92 bits per heavy atom. The zero-order valence-corrected chi connectivity index (χ0v) is 8.54. The molecule has 0 spiro atoms. The largest absolute Gasteiger partial charge is 0.289 e. The molecular weight excluding hydrogens is 146 g/mol. The van der Waals surface area contributed by atoms with Crippen LogP contribution in [0.4, 0.5) is 0 Å². The van der Waals surface area contributed by atoms with Gasteiger partial charge in [-0.3, -0.25) is 4.99 Å². The van der Waals surface area contributed by atoms with Crippen LogP contribution in [0.1, 0.15) is 34.1 Å². The monoisotopic (exact) mass is 165 g/mol. The maximum atomic E-state index is 4.57. The Labute approximate surface area is 75.6 Å². The van der Waals surface area contributed by atoms with Crippen LogP contribution >= 0.6 is 0 Å². The van der Waals surface area contributed by atoms with E-state index in [-0.39, 0.29) is 0 Å². The van der Waals surface area contributed by atoms with Crippen LogP contribution in [0.2, 0.25) is 0 Å². The summed E-state index contributed by atoms with van der Waals surface area (Å²) in [6.07, 6.45) is 5.45. The lowest BCUT2D eigenvalue weighted by atomic mass is 9.72. The highest BCUT2D eigenvalue weighted by Crippen LogP contribution is 2.35. The third-order valence-electron chi connectivity index (χ3n) is 2.82. The van der Waals surface area contributed by atoms with Crippen LogP contribution in [-0.2, 0) is 0 Å². The third-order valence-corrected chi connectivity index (χ3v) is 2.82. The first kappa shape index (κ1) is 9.50. The summed E-state index contributed by atoms with van der Waals surface area (Å²) < 4.78 is 0. The predicted octanol–water partition coefficient (Wildman–Crippen LogP) is 3.07. The molecule has 0 saturated heterocycles. The van der Waals surface area contributed by atoms with E-state index < -0.39 is 0 Å². The van der Waals surface area contributed by atoms with E-state index in [2.05, 4.69) is 38.8 Å². The number of hydrogen-bond donors (Lipinski definition) is 0. The average Bonchev–Trinajstić information content (AvgIpc) is 2.04. The second-order valence-corrected chi connectivity index (χ2v) is 3.99. The zero-order chi connectivity index (χ0) is 9.14. The van der Waals surface area contributed by atoms with E-state index in [1.807, 2.05) is 6.21 Å². The first-order chi connectivity index (χ1) is 5.65. The molecule has 0 aromatic heterocycles. The highest BCUT2D eigenvalue weighted by molar-refractivity contribution is 5.77. The van der Waals surface area contributed by atoms with Gasteiger partial charge >= 0.3 is 0 Å². The van der Waals surface area contributed by atoms with Crippen LogP contribution < -0.4 is 0 Å². The summed E-state index contributed by atoms with van der Waals surface area (Å²) in [6.45, 7) is 8.71. The first-order valence-corrected chi connectivity index (χ1v) is 4.81. The number of aliphatic imine (C=N–C) groups is 1. The molecule has 0 bridgehead atoms. The molecule has 0 aliphatic heterocycles. The van der Waals surface area contributed by atoms with Crippen LogP contribution in [-0.4, -0.2) is 12.3 Å². The maximum absolute atomic E-state index is 4.57. The fourth-order valence-electron chi connectivity index (χ4n) is 1.80. The van der Waals surface area contributed by atoms with Gasteiger partial charge in [0.1, 0.15) is 0 Å². The quantitative estimate of drug-likeness (QED) is 0.558. The maximum Gasteiger partial charge on any atom is 0.0550 e. The number of hydrogen-bond acceptors (Lipinski definition) is 1. The number of nitrogens with zero attached hydrogens (tertiary/aromatic N) is 1. The van der Waals surface area contributed by atoms with Crippen LogP contribution in [0.15, 0.2) is 16.6 Å². The minimum Gasteiger partial charge on any atom is -0.289 e. The molecule has 12 heavy (non-hydrogen) atoms. The Bertz CT molecular complexity index is 195. The first-order valence-electron chi connectivity index (χ1n) is 4.81. The molecule has 2 unspecified atom stereocenters. The van der Waals surface area contributed by atoms with E-state index in [0.717, 1.165) is 11.8 Å². The van der Waals surface area contributed by atoms with Crippen LogP contribution in [0.25, 0.3) is 0 Å². The minimum absolute atomic E-state index is 0.583. The second-order valence-electron chi connectivity index (χ2n) is 3.99. The molecule has 0 aromatic carbocycles. The second kappa shape index (κ2) is 3.88. The number of allylic oxidation sites excluding steroid dienone is 2. The third kappa shape index (κ3) is 1.96. The molecule has 1 aliphatic rings. The summed E-state index contributed by atoms with van der Waals surface area (Å²) in [6, 6.07) is 0.583. The van der Waals surface area contributed by atoms with Crippen molar-refractivity contribution in [3.05, 3.63) is 11.6 Å². The molecule has 68 valence electrons. The van der Waals surface area contributed by atoms with Crippen molar-refractivity contribution in [2.75, 3.05) is 0 Å². The predicted molar refractivity (Wildman–Crippen MR) is 54.7 cm³/mol. The van der Waals surface area contributed by atoms with Crippen molar-refractivity contribution >= 4 is 6.21 Å². The van der Waals surface area contributed by atoms with Gasteiger partial charge in [-0.2, -0.15) is 0 Å². The van der Waals surface area contributed by atoms with Gasteiger partial charge in [-0.1, -0.05) is 19.9 Å². The minimum atomic E-state index is 0.583. The van der Waals surface area contributed by atoms with Crippen molar-refractivity contribution < 1.29 is 0 Å². The van der Waals surface area contributed by atoms with Gasteiger partial charge in [-0.05, 0) is 37.7 Å². The van der Waals surface area contributed by atoms with Crippen LogP contribution in [0.5, 0.6) is 0 Å². The summed E-state index contributed by atoms with van der Waals surface area (Å²) in [4.78, 5) is 4.57. The van der Waals surface area contributed by atoms with Crippen LogP contribution in [0.3, 0.4) is 0 Å². The van der Waals surface area contributed by atoms with Crippen molar-refractivity contribution in [1.29, 1.82) is 0 Å². The van der Waals surface area contributed by atoms with Crippen molar-refractivity contribution in [1.82, 2.24) is 0 Å². The summed E-state index contributed by atoms with van der Waals surface area (Å²) in [5.41, 5.74) is 1.27. The molecule has 0 amide bonds. The topological polar surface area (TPSA) is 12.4 Å². The van der Waals surface area contributed by atoms with E-state index in [0.29, 0.717) is 6.04 Å². The molecule has 0 radical (unpaired) electrons. The van der Waals surface area contributed by atoms with Crippen molar-refractivity contribution in [2.45, 2.75) is 40.2 Å². The molecule has 0 aromatic rings. The molecule has 2 atom stereocenters. The summed E-state index contributed by atoms with van der Waals surface area (Å²) >= 11 is 0. The molecule has 1 aliphatic carbocycles. The normalized spacial score (nSPS) is 37.0. The Morgan fingerprint density at radius 3 is 2.33 bits per heavy atom. The lowest BCUT2D eigenvalue weighted by molar-refractivity contribution is 0.182. The lowest BCUT2D eigenvalue weighted by Gasteiger charge is -2.37. The number of rotatable bonds is 2. The van der Waals surface area contributed by atoms with Gasteiger partial charge in [-0.15, -0.1) is 0 Å². The fourth-order valence-corrected chi connectivity index (χ4v) is 1.80. The SMILES string of the molecule is C/C=C(/C)C=NC1C(C)CC1C. The molecular formula is C11H19N. The van der Waals surface area contributed by atoms with Crippen molar-refractivity contribution in [2.24, 2.45) is 16.8 Å². The van der Waals surface area contributed by atoms with Gasteiger partial charge in [0.25, 0.3) is 0 Å². The highest BCUT2D eigenvalue weighted by atomic mass is 14.8. The van der Waals surface area contributed by atoms with Crippen LogP contribution in [0, 0.1) is 11.8 Å². The average molecular weight is 165 g/mol. The van der Waals surface area contributed by atoms with Crippen molar-refractivity contribution in [3.8, 4) is 0 Å². The van der Waals surface area contributed by atoms with Gasteiger partial charge in [0, 0.05) is 6.21 Å². The molecule has 1 fully saturated rings. The molecule has 1 nitrogen and oxygen atoms in total. The Morgan fingerprint density at radius 1 is 1.33 bits per heavy atom. The fraction of sp³-hybridized carbons (Fsp3) is 0.727. The van der Waals surface area contributed by atoms with E-state index in [9.17, 15) is 0 Å². The van der Waals surface area contributed by atoms with Gasteiger partial charge in [-0.25, -0.2) is 0 Å². The summed E-state index contributed by atoms with van der Waals surface area (Å²) in [5.74, 6) is 1.59. The van der Waals surface area contributed by atoms with Gasteiger partial charge in [0.2, 0.25) is 0 Å². The van der Waals surface area contributed by atoms with E-state index in [1.165, 1.54) is 12.0 Å². The van der Waals surface area contributed by atoms with Crippen molar-refractivity contribution in [3.63, 3.8) is 0 Å². The van der Waals surface area contributed by atoms with Gasteiger partial charge in [0.05, 0.1) is 6.04 Å². The summed E-state index contributed by atoms with van der Waals surface area (Å²) in [7, 11) is 0.